The molecule has 8 aromatic carbocycles. The first-order chi connectivity index (χ1) is 62.3. The third kappa shape index (κ3) is 37.7. The van der Waals surface area contributed by atoms with Gasteiger partial charge >= 0.3 is 42.0 Å². The summed E-state index contributed by atoms with van der Waals surface area (Å²) in [7, 11) is -1.93. The van der Waals surface area contributed by atoms with Crippen molar-refractivity contribution in [2.45, 2.75) is 68.5 Å². The van der Waals surface area contributed by atoms with E-state index in [1.54, 1.807) is 74.1 Å². The molecule has 15 aromatic rings. The Kier molecular flexibility index (Phi) is 51.4. The number of aliphatic hydroxyl groups excluding tert-OH is 2. The number of alkyl halides is 14. The molecule has 7 heterocycles. The number of hydrogen-bond donors (Lipinski definition) is 3. The summed E-state index contributed by atoms with van der Waals surface area (Å²) >= 11 is 1.66. The molecule has 7 aromatic heterocycles. The number of benzene rings is 8. The summed E-state index contributed by atoms with van der Waals surface area (Å²) in [5, 5.41) is 51.7. The van der Waals surface area contributed by atoms with E-state index >= 15 is 0 Å². The third-order valence-electron chi connectivity index (χ3n) is 17.1. The van der Waals surface area contributed by atoms with E-state index in [0.717, 1.165) is 56.5 Å². The Morgan fingerprint density at radius 3 is 1.01 bits per heavy atom. The molecule has 0 aliphatic heterocycles. The molecule has 0 aliphatic rings. The minimum atomic E-state index is -6.64. The number of nitrogens with zero attached hydrogens (tertiary/aromatic N) is 6. The number of halogens is 16. The van der Waals surface area contributed by atoms with E-state index in [2.05, 4.69) is 217 Å². The van der Waals surface area contributed by atoms with Crippen LogP contribution in [0.5, 0.6) is 0 Å². The van der Waals surface area contributed by atoms with Crippen LogP contribution in [0.4, 0.5) is 70.2 Å². The number of carboxylic acids is 3. The van der Waals surface area contributed by atoms with E-state index in [1.165, 1.54) is 44.6 Å². The number of rotatable bonds is 19. The normalized spacial score (nSPS) is 11.3. The van der Waals surface area contributed by atoms with Crippen LogP contribution < -0.4 is 31.4 Å². The standard InChI is InChI=1S/C26H22P2.C22H16N2.C11H6F2N.C11H8N.C9H6NS.C6H5NO2.C5H12O2.2C4HF7O2.Os.3Rh/c1-5-13-23(14-6-1)27(24-15-7-2-8-16-24)21-22-28(25-17-9-3-10-18-25)26-19-11-4-12-20-26;1-3-7-17(8-4-1)19-11-13-23-21(15-19)22-16-20(12-14-24-22)18-9-5-2-6-10-18;12-8-4-5-9(10(13)7-8)11-3-1-2-6-14-11;1-2-6-10(7-3-1)11-8-4-5-9-12-11;1-2-6-10-8(4-1)9-5-3-7-11-9;8-6(9)5-3-1-2-4-7-5;1-4(6)3-5(2)7;2*5-2(6,1(12)13)3(7,8)4(9,10)11;;;;/h1-22H;1-16H;1-4,6-7H;1-6,8-9H;1-4,6-7H;1-4H,(H,8,9);4-7H,3H2,1-2H3;2*(H,12,13);;;;/q;;3*-1;;;;;;;;. The van der Waals surface area contributed by atoms with Crippen molar-refractivity contribution >= 4 is 66.3 Å². The zero-order chi connectivity index (χ0) is 95.6. The van der Waals surface area contributed by atoms with Gasteiger partial charge in [-0.1, -0.05) is 192 Å². The van der Waals surface area contributed by atoms with Gasteiger partial charge in [-0.05, 0) is 163 Å². The van der Waals surface area contributed by atoms with Crippen molar-refractivity contribution in [1.82, 2.24) is 29.9 Å². The number of aliphatic hydroxyl groups is 2. The van der Waals surface area contributed by atoms with Crippen LogP contribution >= 0.6 is 27.2 Å². The molecule has 2 atom stereocenters. The van der Waals surface area contributed by atoms with Crippen LogP contribution in [0.1, 0.15) is 30.8 Å². The number of pyridine rings is 6. The zero-order valence-corrected chi connectivity index (χ0v) is 80.3. The van der Waals surface area contributed by atoms with Crippen molar-refractivity contribution in [2.24, 2.45) is 0 Å². The molecular formula is C98H77F16N6O8OsP2Rh3S-3. The van der Waals surface area contributed by atoms with Crippen molar-refractivity contribution in [3.63, 3.8) is 0 Å². The molecule has 0 spiro atoms. The van der Waals surface area contributed by atoms with Crippen molar-refractivity contribution in [2.75, 3.05) is 0 Å². The van der Waals surface area contributed by atoms with E-state index in [0.29, 0.717) is 12.1 Å². The second-order valence-corrected chi connectivity index (χ2v) is 32.4. The van der Waals surface area contributed by atoms with Crippen molar-refractivity contribution in [3.8, 4) is 66.7 Å². The van der Waals surface area contributed by atoms with Gasteiger partial charge < -0.3 is 50.1 Å². The van der Waals surface area contributed by atoms with E-state index in [1.807, 2.05) is 133 Å². The molecule has 0 saturated heterocycles. The van der Waals surface area contributed by atoms with Gasteiger partial charge in [0.05, 0.1) is 39.4 Å². The van der Waals surface area contributed by atoms with Gasteiger partial charge in [-0.3, -0.25) is 18.7 Å². The van der Waals surface area contributed by atoms with Crippen LogP contribution in [-0.2, 0) is 87.8 Å². The quantitative estimate of drug-likeness (QED) is 0.0296. The molecule has 0 amide bonds. The number of carboxylic acid groups (broad SMARTS) is 3. The molecule has 135 heavy (non-hydrogen) atoms. The van der Waals surface area contributed by atoms with Crippen molar-refractivity contribution in [1.29, 1.82) is 0 Å². The van der Waals surface area contributed by atoms with E-state index < -0.39 is 81.4 Å². The minimum Gasteiger partial charge on any atom is -0.544 e. The van der Waals surface area contributed by atoms with E-state index in [4.69, 9.17) is 15.3 Å². The van der Waals surface area contributed by atoms with Crippen LogP contribution in [0.25, 0.3) is 66.7 Å². The first kappa shape index (κ1) is 118. The molecule has 37 heteroatoms. The minimum absolute atomic E-state index is 0. The van der Waals surface area contributed by atoms with E-state index in [-0.39, 0.29) is 102 Å². The fraction of sp³-hybridized carbons (Fsp3) is 0.112. The number of aromatic carboxylic acids is 1. The number of thiophene rings is 1. The van der Waals surface area contributed by atoms with Gasteiger partial charge in [0.25, 0.3) is 0 Å². The molecule has 3 radical (unpaired) electrons. The molecule has 0 saturated carbocycles. The summed E-state index contributed by atoms with van der Waals surface area (Å²) in [5.74, 6) is -30.7. The number of carbonyl (C=O) groups is 3. The van der Waals surface area contributed by atoms with Gasteiger partial charge in [-0.2, -0.15) is 73.6 Å². The number of hydrogen-bond acceptors (Lipinski definition) is 14. The Balaban J connectivity index is 0.000000402. The first-order valence-electron chi connectivity index (χ1n) is 38.6. The second-order valence-electron chi connectivity index (χ2n) is 26.9. The molecule has 0 fully saturated rings. The summed E-state index contributed by atoms with van der Waals surface area (Å²) in [4.78, 5) is 54.7. The molecule has 2 unspecified atom stereocenters. The Morgan fingerprint density at radius 1 is 0.393 bits per heavy atom. The van der Waals surface area contributed by atoms with Crippen molar-refractivity contribution in [3.05, 3.63) is 411 Å². The summed E-state index contributed by atoms with van der Waals surface area (Å²) < 4.78 is 186. The van der Waals surface area contributed by atoms with Gasteiger partial charge in [0.15, 0.2) is 0 Å². The smallest absolute Gasteiger partial charge is 0.460 e. The van der Waals surface area contributed by atoms with Crippen LogP contribution in [-0.4, -0.2) is 111 Å². The topological polar surface area (TPSA) is 235 Å². The Bertz CT molecular complexity index is 5580. The molecule has 3 N–H and O–H groups in total. The Labute approximate surface area is 824 Å². The maximum atomic E-state index is 13.2. The molecular weight excluding hydrogens is 2290 g/mol. The average molecular weight is 2360 g/mol. The summed E-state index contributed by atoms with van der Waals surface area (Å²) in [6.45, 7) is 3.32. The van der Waals surface area contributed by atoms with Crippen LogP contribution in [0.2, 0.25) is 0 Å². The van der Waals surface area contributed by atoms with Gasteiger partial charge in [0.2, 0.25) is 0 Å². The van der Waals surface area contributed by atoms with E-state index in [9.17, 15) is 94.8 Å². The molecule has 0 bridgehead atoms. The zero-order valence-electron chi connectivity index (χ0n) is 70.0. The van der Waals surface area contributed by atoms with Crippen molar-refractivity contribution < 1.29 is 188 Å². The van der Waals surface area contributed by atoms with Gasteiger partial charge in [0, 0.05) is 127 Å². The predicted molar refractivity (Wildman–Crippen MR) is 473 cm³/mol. The average Bonchev–Trinajstić information content (AvgIpc) is 1.37. The Hall–Kier alpha value is -11.3. The predicted octanol–water partition coefficient (Wildman–Crippen LogP) is 20.7. The Morgan fingerprint density at radius 2 is 0.733 bits per heavy atom. The fourth-order valence-electron chi connectivity index (χ4n) is 10.8. The SMILES string of the molecule is C(=C[PH+](c1ccccc1)c1ccccc1)[PH+](c1ccccc1)c1ccccc1.CC(O)CC(C)O.Fc1c[c-]c(-c2ccccn2)c(F)c1.O=C(O)c1ccccn1.O=C([O-])C(F)(F)C(F)(F)C(F)(F)F.O=C([O-])C(F)(F)C(F)(F)C(F)(F)F.[Os].[Rh].[Rh].[Rh].[c-]1ccccc1-c1ccccn1.[c-]1ccsc1-c1ccccn1.c1ccc(-c2ccnc(-c3cc(-c4ccccc4)ccn3)c2)cc1. The van der Waals surface area contributed by atoms with Crippen LogP contribution in [0, 0.1) is 29.8 Å². The summed E-state index contributed by atoms with van der Waals surface area (Å²) in [6.07, 6.45) is -3.30. The number of carbonyl (C=O) groups excluding carboxylic acids is 2. The first-order valence-corrected chi connectivity index (χ1v) is 42.7. The third-order valence-corrected chi connectivity index (χ3v) is 23.1. The van der Waals surface area contributed by atoms with Crippen LogP contribution in [0.3, 0.4) is 0 Å². The maximum absolute atomic E-state index is 13.2. The summed E-state index contributed by atoms with van der Waals surface area (Å²) in [5.41, 5.74) is 10.2. The van der Waals surface area contributed by atoms with Gasteiger partial charge in [-0.15, -0.1) is 53.4 Å². The monoisotopic (exact) mass is 2360 g/mol. The number of aromatic nitrogens is 6. The van der Waals surface area contributed by atoms with Gasteiger partial charge in [0.1, 0.15) is 50.5 Å². The molecule has 14 nitrogen and oxygen atoms in total. The maximum Gasteiger partial charge on any atom is 0.460 e. The molecule has 713 valence electrons. The largest absolute Gasteiger partial charge is 0.544 e. The van der Waals surface area contributed by atoms with Gasteiger partial charge in [-0.25, -0.2) is 21.1 Å². The molecule has 15 rings (SSSR count). The van der Waals surface area contributed by atoms with Crippen LogP contribution in [0.15, 0.2) is 376 Å². The second kappa shape index (κ2) is 58.9. The summed E-state index contributed by atoms with van der Waals surface area (Å²) in [6, 6.07) is 115. The molecule has 0 aliphatic carbocycles. The fourth-order valence-corrected chi connectivity index (χ4v) is 16.4. The number of aliphatic carboxylic acids is 2.